The Morgan fingerprint density at radius 3 is 2.39 bits per heavy atom. The van der Waals surface area contributed by atoms with Crippen LogP contribution in [-0.4, -0.2) is 68.0 Å². The maximum atomic E-state index is 13.2. The molecule has 2 heterocycles. The van der Waals surface area contributed by atoms with Crippen molar-refractivity contribution in [2.24, 2.45) is 0 Å². The molecule has 1 saturated heterocycles. The molecule has 1 aliphatic heterocycles. The molecular weight excluding hydrogens is 394 g/mol. The minimum atomic E-state index is -0.0589. The van der Waals surface area contributed by atoms with E-state index < -0.39 is 0 Å². The highest BCUT2D eigenvalue weighted by Gasteiger charge is 2.26. The molecule has 2 aromatic carbocycles. The predicted molar refractivity (Wildman–Crippen MR) is 116 cm³/mol. The smallest absolute Gasteiger partial charge is 0.256 e. The molecule has 0 atom stereocenters. The van der Waals surface area contributed by atoms with E-state index in [9.17, 15) is 9.59 Å². The van der Waals surface area contributed by atoms with E-state index in [0.29, 0.717) is 31.7 Å². The van der Waals surface area contributed by atoms with Crippen LogP contribution in [-0.2, 0) is 11.3 Å². The first-order valence-corrected chi connectivity index (χ1v) is 10.2. The molecule has 0 spiro atoms. The molecule has 0 saturated carbocycles. The van der Waals surface area contributed by atoms with Crippen LogP contribution in [0.3, 0.4) is 0 Å². The minimum Gasteiger partial charge on any atom is -0.355 e. The summed E-state index contributed by atoms with van der Waals surface area (Å²) in [7, 11) is 0. The monoisotopic (exact) mass is 419 g/mol. The van der Waals surface area contributed by atoms with E-state index in [4.69, 9.17) is 0 Å². The van der Waals surface area contributed by atoms with Crippen LogP contribution in [0.5, 0.6) is 0 Å². The summed E-state index contributed by atoms with van der Waals surface area (Å²) in [6.07, 6.45) is 1.41. The molecule has 1 aliphatic rings. The van der Waals surface area contributed by atoms with Gasteiger partial charge in [0.2, 0.25) is 5.91 Å². The number of piperazine rings is 1. The maximum absolute atomic E-state index is 13.2. The van der Waals surface area contributed by atoms with Gasteiger partial charge in [0.25, 0.3) is 5.91 Å². The Bertz CT molecular complexity index is 1070. The van der Waals surface area contributed by atoms with Gasteiger partial charge in [0.1, 0.15) is 12.9 Å². The van der Waals surface area contributed by atoms with Gasteiger partial charge in [0.15, 0.2) is 0 Å². The third kappa shape index (κ3) is 4.55. The fourth-order valence-corrected chi connectivity index (χ4v) is 3.63. The molecule has 3 aromatic rings. The van der Waals surface area contributed by atoms with Gasteiger partial charge in [-0.15, -0.1) is 5.10 Å². The molecule has 1 fully saturated rings. The number of aromatic nitrogens is 4. The lowest BCUT2D eigenvalue weighted by molar-refractivity contribution is -0.133. The number of hydrogen-bond donors (Lipinski definition) is 1. The van der Waals surface area contributed by atoms with Crippen LogP contribution >= 0.6 is 0 Å². The minimum absolute atomic E-state index is 0.0408. The second-order valence-electron chi connectivity index (χ2n) is 7.60. The van der Waals surface area contributed by atoms with Crippen molar-refractivity contribution in [2.75, 3.05) is 31.5 Å². The molecule has 0 radical (unpaired) electrons. The zero-order valence-corrected chi connectivity index (χ0v) is 17.7. The van der Waals surface area contributed by atoms with Crippen LogP contribution in [0.15, 0.2) is 48.8 Å². The van der Waals surface area contributed by atoms with Crippen molar-refractivity contribution in [1.82, 2.24) is 30.0 Å². The van der Waals surface area contributed by atoms with E-state index in [1.807, 2.05) is 36.4 Å². The molecule has 9 nitrogen and oxygen atoms in total. The van der Waals surface area contributed by atoms with Crippen LogP contribution in [0.4, 0.5) is 11.4 Å². The van der Waals surface area contributed by atoms with Gasteiger partial charge in [-0.25, -0.2) is 4.68 Å². The van der Waals surface area contributed by atoms with Crippen molar-refractivity contribution in [3.8, 4) is 0 Å². The van der Waals surface area contributed by atoms with E-state index >= 15 is 0 Å². The Hall–Kier alpha value is -3.75. The first-order chi connectivity index (χ1) is 15.0. The first kappa shape index (κ1) is 20.5. The van der Waals surface area contributed by atoms with Crippen molar-refractivity contribution in [1.29, 1.82) is 0 Å². The lowest BCUT2D eigenvalue weighted by Crippen LogP contribution is -2.51. The summed E-state index contributed by atoms with van der Waals surface area (Å²) in [5.74, 6) is -0.0997. The normalized spacial score (nSPS) is 13.9. The maximum Gasteiger partial charge on any atom is 0.256 e. The number of aryl methyl sites for hydroxylation is 1. The highest BCUT2D eigenvalue weighted by atomic mass is 16.2. The van der Waals surface area contributed by atoms with Crippen molar-refractivity contribution in [2.45, 2.75) is 20.4 Å². The Labute approximate surface area is 180 Å². The molecule has 0 aliphatic carbocycles. The number of nitrogens with one attached hydrogen (secondary N) is 1. The van der Waals surface area contributed by atoms with Crippen LogP contribution in [0.25, 0.3) is 0 Å². The second kappa shape index (κ2) is 8.95. The highest BCUT2D eigenvalue weighted by molar-refractivity contribution is 6.00. The number of carbonyl (C=O) groups excluding carboxylic acids is 2. The summed E-state index contributed by atoms with van der Waals surface area (Å²) in [6, 6.07) is 13.6. The molecule has 160 valence electrons. The zero-order valence-electron chi connectivity index (χ0n) is 17.7. The lowest BCUT2D eigenvalue weighted by Gasteiger charge is -2.35. The largest absolute Gasteiger partial charge is 0.355 e. The zero-order chi connectivity index (χ0) is 21.8. The molecule has 1 N–H and O–H groups in total. The molecule has 2 amide bonds. The Balaban J connectivity index is 1.42. The van der Waals surface area contributed by atoms with Gasteiger partial charge in [0.05, 0.1) is 11.3 Å². The average molecular weight is 419 g/mol. The predicted octanol–water partition coefficient (Wildman–Crippen LogP) is 2.02. The molecular formula is C22H25N7O2. The van der Waals surface area contributed by atoms with Gasteiger partial charge < -0.3 is 15.1 Å². The second-order valence-corrected chi connectivity index (χ2v) is 7.60. The van der Waals surface area contributed by atoms with E-state index in [-0.39, 0.29) is 18.4 Å². The van der Waals surface area contributed by atoms with Crippen LogP contribution < -0.4 is 5.32 Å². The van der Waals surface area contributed by atoms with Gasteiger partial charge in [-0.3, -0.25) is 9.59 Å². The summed E-state index contributed by atoms with van der Waals surface area (Å²) in [5.41, 5.74) is 4.73. The van der Waals surface area contributed by atoms with Crippen molar-refractivity contribution >= 4 is 23.2 Å². The molecule has 9 heteroatoms. The lowest BCUT2D eigenvalue weighted by atomic mass is 10.1. The quantitative estimate of drug-likeness (QED) is 0.680. The molecule has 31 heavy (non-hydrogen) atoms. The number of tetrazole rings is 1. The van der Waals surface area contributed by atoms with E-state index in [2.05, 4.69) is 40.8 Å². The summed E-state index contributed by atoms with van der Waals surface area (Å²) in [5, 5.41) is 14.2. The number of anilines is 2. The van der Waals surface area contributed by atoms with E-state index in [0.717, 1.165) is 16.9 Å². The van der Waals surface area contributed by atoms with E-state index in [1.165, 1.54) is 16.6 Å². The van der Waals surface area contributed by atoms with E-state index in [1.54, 1.807) is 9.80 Å². The summed E-state index contributed by atoms with van der Waals surface area (Å²) < 4.78 is 1.40. The molecule has 0 unspecified atom stereocenters. The fourth-order valence-electron chi connectivity index (χ4n) is 3.63. The first-order valence-electron chi connectivity index (χ1n) is 10.2. The van der Waals surface area contributed by atoms with Gasteiger partial charge in [0, 0.05) is 31.9 Å². The summed E-state index contributed by atoms with van der Waals surface area (Å²) in [6.45, 7) is 6.17. The standard InChI is InChI=1S/C22H25N7O2/c1-16-6-5-9-19(17(16)2)24-20-8-4-3-7-18(20)22(31)28-12-10-27(11-13-28)21(30)14-29-15-23-25-26-29/h3-9,15,24H,10-14H2,1-2H3. The highest BCUT2D eigenvalue weighted by Crippen LogP contribution is 2.26. The van der Waals surface area contributed by atoms with Crippen LogP contribution in [0, 0.1) is 13.8 Å². The summed E-state index contributed by atoms with van der Waals surface area (Å²) >= 11 is 0. The topological polar surface area (TPSA) is 96.2 Å². The van der Waals surface area contributed by atoms with Gasteiger partial charge >= 0.3 is 0 Å². The van der Waals surface area contributed by atoms with Crippen molar-refractivity contribution < 1.29 is 9.59 Å². The fraction of sp³-hybridized carbons (Fsp3) is 0.318. The number of benzene rings is 2. The average Bonchev–Trinajstić information content (AvgIpc) is 3.30. The third-order valence-electron chi connectivity index (χ3n) is 5.64. The van der Waals surface area contributed by atoms with Crippen molar-refractivity contribution in [3.63, 3.8) is 0 Å². The van der Waals surface area contributed by atoms with Crippen molar-refractivity contribution in [3.05, 3.63) is 65.5 Å². The molecule has 0 bridgehead atoms. The Kier molecular flexibility index (Phi) is 5.92. The van der Waals surface area contributed by atoms with Gasteiger partial charge in [-0.05, 0) is 53.6 Å². The molecule has 4 rings (SSSR count). The van der Waals surface area contributed by atoms with Gasteiger partial charge in [-0.1, -0.05) is 24.3 Å². The number of rotatable bonds is 5. The number of carbonyl (C=O) groups is 2. The summed E-state index contributed by atoms with van der Waals surface area (Å²) in [4.78, 5) is 29.2. The van der Waals surface area contributed by atoms with Gasteiger partial charge in [-0.2, -0.15) is 0 Å². The number of amides is 2. The molecule has 1 aromatic heterocycles. The van der Waals surface area contributed by atoms with Crippen LogP contribution in [0.2, 0.25) is 0 Å². The SMILES string of the molecule is Cc1cccc(Nc2ccccc2C(=O)N2CCN(C(=O)Cn3cnnn3)CC2)c1C. The van der Waals surface area contributed by atoms with Crippen LogP contribution in [0.1, 0.15) is 21.5 Å². The Morgan fingerprint density at radius 2 is 1.65 bits per heavy atom. The number of nitrogens with zero attached hydrogens (tertiary/aromatic N) is 6. The Morgan fingerprint density at radius 1 is 0.935 bits per heavy atom. The number of para-hydroxylation sites is 1. The third-order valence-corrected chi connectivity index (χ3v) is 5.64. The number of hydrogen-bond acceptors (Lipinski definition) is 6.